The van der Waals surface area contributed by atoms with Gasteiger partial charge in [0.15, 0.2) is 0 Å². The number of benzene rings is 3. The van der Waals surface area contributed by atoms with Gasteiger partial charge in [-0.2, -0.15) is 18.4 Å². The van der Waals surface area contributed by atoms with Crippen LogP contribution in [-0.4, -0.2) is 9.97 Å². The quantitative estimate of drug-likeness (QED) is 0.448. The summed E-state index contributed by atoms with van der Waals surface area (Å²) in [6.45, 7) is 0. The van der Waals surface area contributed by atoms with Crippen LogP contribution in [0.2, 0.25) is 0 Å². The molecular formula is C23H14F3N3. The van der Waals surface area contributed by atoms with Crippen molar-refractivity contribution >= 4 is 23.2 Å². The van der Waals surface area contributed by atoms with Gasteiger partial charge in [0.2, 0.25) is 0 Å². The van der Waals surface area contributed by atoms with Gasteiger partial charge in [0, 0.05) is 0 Å². The molecule has 0 spiro atoms. The van der Waals surface area contributed by atoms with E-state index < -0.39 is 11.7 Å². The van der Waals surface area contributed by atoms with Crippen LogP contribution in [0.25, 0.3) is 34.3 Å². The molecule has 4 rings (SSSR count). The van der Waals surface area contributed by atoms with Gasteiger partial charge in [-0.25, -0.2) is 4.98 Å². The lowest BCUT2D eigenvalue weighted by Gasteiger charge is -2.05. The smallest absolute Gasteiger partial charge is 0.338 e. The number of aromatic nitrogens is 2. The van der Waals surface area contributed by atoms with Crippen molar-refractivity contribution in [1.29, 1.82) is 5.26 Å². The number of hydrogen-bond donors (Lipinski definition) is 1. The van der Waals surface area contributed by atoms with Crippen molar-refractivity contribution in [3.63, 3.8) is 0 Å². The molecule has 4 aromatic rings. The topological polar surface area (TPSA) is 52.5 Å². The second kappa shape index (κ2) is 7.28. The molecule has 0 aliphatic heterocycles. The van der Waals surface area contributed by atoms with Gasteiger partial charge in [-0.1, -0.05) is 42.5 Å². The van der Waals surface area contributed by atoms with Gasteiger partial charge in [-0.3, -0.25) is 0 Å². The molecule has 1 aromatic heterocycles. The number of fused-ring (bicyclic) bond motifs is 1. The van der Waals surface area contributed by atoms with E-state index in [4.69, 9.17) is 0 Å². The summed E-state index contributed by atoms with van der Waals surface area (Å²) in [4.78, 5) is 7.66. The Morgan fingerprint density at radius 2 is 1.69 bits per heavy atom. The molecule has 0 saturated heterocycles. The maximum atomic E-state index is 12.6. The number of rotatable bonds is 3. The van der Waals surface area contributed by atoms with Crippen LogP contribution in [0.4, 0.5) is 13.2 Å². The van der Waals surface area contributed by atoms with Crippen LogP contribution in [0, 0.1) is 11.3 Å². The summed E-state index contributed by atoms with van der Waals surface area (Å²) in [7, 11) is 0. The molecule has 0 aliphatic carbocycles. The molecule has 0 fully saturated rings. The number of halogens is 3. The van der Waals surface area contributed by atoms with E-state index in [2.05, 4.69) is 16.0 Å². The zero-order valence-electron chi connectivity index (χ0n) is 15.0. The SMILES string of the molecule is N#Cc1ccccc1-c1ccc2nc(/C=C/c3ccc(C(F)(F)F)cc3)[nH]c2c1. The fraction of sp³-hybridized carbons (Fsp3) is 0.0435. The summed E-state index contributed by atoms with van der Waals surface area (Å²) in [6, 6.07) is 20.2. The normalized spacial score (nSPS) is 11.8. The van der Waals surface area contributed by atoms with Crippen LogP contribution in [-0.2, 0) is 6.18 Å². The monoisotopic (exact) mass is 389 g/mol. The van der Waals surface area contributed by atoms with Gasteiger partial charge in [-0.15, -0.1) is 0 Å². The third kappa shape index (κ3) is 3.90. The third-order valence-corrected chi connectivity index (χ3v) is 4.53. The molecule has 29 heavy (non-hydrogen) atoms. The standard InChI is InChI=1S/C23H14F3N3/c24-23(25,26)18-9-5-15(6-10-18)7-12-22-28-20-11-8-16(13-21(20)29-22)19-4-2-1-3-17(19)14-27/h1-13H,(H,28,29)/b12-7+. The number of nitrogens with one attached hydrogen (secondary N) is 1. The highest BCUT2D eigenvalue weighted by atomic mass is 19.4. The summed E-state index contributed by atoms with van der Waals surface area (Å²) in [6.07, 6.45) is -0.932. The zero-order chi connectivity index (χ0) is 20.4. The summed E-state index contributed by atoms with van der Waals surface area (Å²) >= 11 is 0. The van der Waals surface area contributed by atoms with E-state index in [1.807, 2.05) is 36.4 Å². The average Bonchev–Trinajstić information content (AvgIpc) is 3.14. The minimum Gasteiger partial charge on any atom is -0.338 e. The Bertz CT molecular complexity index is 1240. The molecule has 1 N–H and O–H groups in total. The first-order valence-electron chi connectivity index (χ1n) is 8.79. The second-order valence-electron chi connectivity index (χ2n) is 6.46. The number of H-pyrrole nitrogens is 1. The lowest BCUT2D eigenvalue weighted by atomic mass is 10.0. The minimum absolute atomic E-state index is 0.589. The van der Waals surface area contributed by atoms with E-state index >= 15 is 0 Å². The van der Waals surface area contributed by atoms with Crippen molar-refractivity contribution in [2.24, 2.45) is 0 Å². The third-order valence-electron chi connectivity index (χ3n) is 4.53. The Morgan fingerprint density at radius 3 is 2.41 bits per heavy atom. The summed E-state index contributed by atoms with van der Waals surface area (Å²) < 4.78 is 37.9. The molecule has 0 bridgehead atoms. The lowest BCUT2D eigenvalue weighted by molar-refractivity contribution is -0.137. The van der Waals surface area contributed by atoms with Crippen LogP contribution in [0.5, 0.6) is 0 Å². The van der Waals surface area contributed by atoms with E-state index in [9.17, 15) is 18.4 Å². The fourth-order valence-electron chi connectivity index (χ4n) is 3.07. The number of alkyl halides is 3. The summed E-state index contributed by atoms with van der Waals surface area (Å²) in [5.41, 5.74) is 3.86. The number of aromatic amines is 1. The first-order chi connectivity index (χ1) is 13.9. The van der Waals surface area contributed by atoms with E-state index in [1.54, 1.807) is 18.2 Å². The summed E-state index contributed by atoms with van der Waals surface area (Å²) in [5, 5.41) is 9.30. The first-order valence-corrected chi connectivity index (χ1v) is 8.79. The molecule has 3 aromatic carbocycles. The molecule has 0 unspecified atom stereocenters. The van der Waals surface area contributed by atoms with Crippen molar-refractivity contribution < 1.29 is 13.2 Å². The van der Waals surface area contributed by atoms with Crippen molar-refractivity contribution in [2.75, 3.05) is 0 Å². The van der Waals surface area contributed by atoms with Gasteiger partial charge in [0.25, 0.3) is 0 Å². The van der Waals surface area contributed by atoms with E-state index in [0.29, 0.717) is 17.0 Å². The van der Waals surface area contributed by atoms with Gasteiger partial charge in [0.05, 0.1) is 28.2 Å². The number of imidazole rings is 1. The second-order valence-corrected chi connectivity index (χ2v) is 6.46. The Kier molecular flexibility index (Phi) is 4.65. The first kappa shape index (κ1) is 18.5. The number of nitriles is 1. The molecule has 142 valence electrons. The van der Waals surface area contributed by atoms with Gasteiger partial charge < -0.3 is 4.98 Å². The van der Waals surface area contributed by atoms with Crippen molar-refractivity contribution in [3.8, 4) is 17.2 Å². The largest absolute Gasteiger partial charge is 0.416 e. The molecule has 1 heterocycles. The highest BCUT2D eigenvalue weighted by Gasteiger charge is 2.29. The Morgan fingerprint density at radius 1 is 0.931 bits per heavy atom. The molecule has 3 nitrogen and oxygen atoms in total. The average molecular weight is 389 g/mol. The van der Waals surface area contributed by atoms with Gasteiger partial charge in [0.1, 0.15) is 5.82 Å². The van der Waals surface area contributed by atoms with Crippen LogP contribution in [0.15, 0.2) is 66.7 Å². The number of nitrogens with zero attached hydrogens (tertiary/aromatic N) is 2. The Hall–Kier alpha value is -3.85. The molecule has 0 atom stereocenters. The molecule has 0 saturated carbocycles. The lowest BCUT2D eigenvalue weighted by Crippen LogP contribution is -2.03. The predicted octanol–water partition coefficient (Wildman–Crippen LogP) is 6.29. The Balaban J connectivity index is 1.61. The van der Waals surface area contributed by atoms with Crippen molar-refractivity contribution in [1.82, 2.24) is 9.97 Å². The molecule has 0 radical (unpaired) electrons. The molecule has 6 heteroatoms. The maximum absolute atomic E-state index is 12.6. The van der Waals surface area contributed by atoms with Crippen LogP contribution in [0.3, 0.4) is 0 Å². The zero-order valence-corrected chi connectivity index (χ0v) is 15.0. The Labute approximate surface area is 164 Å². The number of hydrogen-bond acceptors (Lipinski definition) is 2. The molecule has 0 amide bonds. The summed E-state index contributed by atoms with van der Waals surface area (Å²) in [5.74, 6) is 0.589. The van der Waals surface area contributed by atoms with Crippen molar-refractivity contribution in [3.05, 3.63) is 89.2 Å². The van der Waals surface area contributed by atoms with Crippen LogP contribution >= 0.6 is 0 Å². The van der Waals surface area contributed by atoms with Gasteiger partial charge in [-0.05, 0) is 53.1 Å². The fourth-order valence-corrected chi connectivity index (χ4v) is 3.07. The van der Waals surface area contributed by atoms with E-state index in [0.717, 1.165) is 34.3 Å². The molecule has 0 aliphatic rings. The molecular weight excluding hydrogens is 375 g/mol. The van der Waals surface area contributed by atoms with Crippen LogP contribution in [0.1, 0.15) is 22.5 Å². The van der Waals surface area contributed by atoms with E-state index in [1.165, 1.54) is 12.1 Å². The highest BCUT2D eigenvalue weighted by Crippen LogP contribution is 2.29. The van der Waals surface area contributed by atoms with Crippen LogP contribution < -0.4 is 0 Å². The van der Waals surface area contributed by atoms with Crippen molar-refractivity contribution in [2.45, 2.75) is 6.18 Å². The maximum Gasteiger partial charge on any atom is 0.416 e. The van der Waals surface area contributed by atoms with Gasteiger partial charge >= 0.3 is 6.18 Å². The van der Waals surface area contributed by atoms with E-state index in [-0.39, 0.29) is 0 Å². The minimum atomic E-state index is -4.34. The predicted molar refractivity (Wildman–Crippen MR) is 107 cm³/mol. The highest BCUT2D eigenvalue weighted by molar-refractivity contribution is 5.85.